The maximum absolute atomic E-state index is 11.7. The number of amides is 1. The van der Waals surface area contributed by atoms with E-state index in [1.165, 1.54) is 0 Å². The monoisotopic (exact) mass is 257 g/mol. The molecule has 19 heavy (non-hydrogen) atoms. The molecule has 5 nitrogen and oxygen atoms in total. The van der Waals surface area contributed by atoms with Crippen LogP contribution >= 0.6 is 0 Å². The molecule has 0 bridgehead atoms. The van der Waals surface area contributed by atoms with Crippen molar-refractivity contribution in [3.63, 3.8) is 0 Å². The SMILES string of the molecule is O=C(CC(O)c1ccccc1)NNc1ccncc1. The van der Waals surface area contributed by atoms with Gasteiger partial charge in [0.25, 0.3) is 0 Å². The second-order valence-electron chi connectivity index (χ2n) is 4.04. The Morgan fingerprint density at radius 1 is 1.16 bits per heavy atom. The largest absolute Gasteiger partial charge is 0.388 e. The Labute approximate surface area is 111 Å². The van der Waals surface area contributed by atoms with E-state index < -0.39 is 6.10 Å². The first-order valence-corrected chi connectivity index (χ1v) is 5.93. The molecule has 0 saturated carbocycles. The van der Waals surface area contributed by atoms with Crippen LogP contribution in [0.15, 0.2) is 54.9 Å². The number of hydrogen-bond donors (Lipinski definition) is 3. The van der Waals surface area contributed by atoms with Crippen molar-refractivity contribution < 1.29 is 9.90 Å². The highest BCUT2D eigenvalue weighted by Gasteiger charge is 2.12. The van der Waals surface area contributed by atoms with Crippen molar-refractivity contribution >= 4 is 11.6 Å². The molecular weight excluding hydrogens is 242 g/mol. The third-order valence-corrected chi connectivity index (χ3v) is 2.59. The molecule has 2 aromatic rings. The first-order valence-electron chi connectivity index (χ1n) is 5.93. The molecule has 2 rings (SSSR count). The Kier molecular flexibility index (Phi) is 4.47. The number of rotatable bonds is 5. The molecule has 1 heterocycles. The zero-order chi connectivity index (χ0) is 13.5. The van der Waals surface area contributed by atoms with E-state index in [2.05, 4.69) is 15.8 Å². The molecule has 0 aliphatic heterocycles. The normalized spacial score (nSPS) is 11.6. The van der Waals surface area contributed by atoms with E-state index in [0.717, 1.165) is 11.3 Å². The minimum Gasteiger partial charge on any atom is -0.388 e. The van der Waals surface area contributed by atoms with Gasteiger partial charge in [-0.2, -0.15) is 0 Å². The molecule has 0 aliphatic rings. The van der Waals surface area contributed by atoms with Gasteiger partial charge in [0, 0.05) is 12.4 Å². The van der Waals surface area contributed by atoms with Gasteiger partial charge in [-0.05, 0) is 17.7 Å². The van der Waals surface area contributed by atoms with Crippen LogP contribution in [-0.2, 0) is 4.79 Å². The number of nitrogens with zero attached hydrogens (tertiary/aromatic N) is 1. The Morgan fingerprint density at radius 2 is 1.84 bits per heavy atom. The lowest BCUT2D eigenvalue weighted by molar-refractivity contribution is -0.122. The minimum atomic E-state index is -0.805. The summed E-state index contributed by atoms with van der Waals surface area (Å²) in [5.74, 6) is -0.284. The molecule has 98 valence electrons. The summed E-state index contributed by atoms with van der Waals surface area (Å²) in [7, 11) is 0. The van der Waals surface area contributed by atoms with Gasteiger partial charge >= 0.3 is 0 Å². The van der Waals surface area contributed by atoms with Gasteiger partial charge in [-0.3, -0.25) is 20.6 Å². The van der Waals surface area contributed by atoms with Gasteiger partial charge in [0.1, 0.15) is 0 Å². The van der Waals surface area contributed by atoms with Gasteiger partial charge in [-0.15, -0.1) is 0 Å². The number of aliphatic hydroxyl groups excluding tert-OH is 1. The van der Waals surface area contributed by atoms with Gasteiger partial charge in [0.2, 0.25) is 5.91 Å². The lowest BCUT2D eigenvalue weighted by atomic mass is 10.1. The Balaban J connectivity index is 1.82. The molecule has 5 heteroatoms. The zero-order valence-corrected chi connectivity index (χ0v) is 10.3. The highest BCUT2D eigenvalue weighted by atomic mass is 16.3. The predicted octanol–water partition coefficient (Wildman–Crippen LogP) is 1.65. The number of carbonyl (C=O) groups is 1. The molecule has 0 fully saturated rings. The van der Waals surface area contributed by atoms with E-state index in [-0.39, 0.29) is 12.3 Å². The highest BCUT2D eigenvalue weighted by Crippen LogP contribution is 2.15. The van der Waals surface area contributed by atoms with Gasteiger partial charge in [-0.1, -0.05) is 30.3 Å². The average molecular weight is 257 g/mol. The van der Waals surface area contributed by atoms with Crippen molar-refractivity contribution in [3.8, 4) is 0 Å². The zero-order valence-electron chi connectivity index (χ0n) is 10.3. The van der Waals surface area contributed by atoms with Crippen molar-refractivity contribution in [1.82, 2.24) is 10.4 Å². The molecule has 1 amide bonds. The van der Waals surface area contributed by atoms with Crippen LogP contribution in [0.1, 0.15) is 18.1 Å². The van der Waals surface area contributed by atoms with Crippen LogP contribution in [0.2, 0.25) is 0 Å². The van der Waals surface area contributed by atoms with E-state index in [4.69, 9.17) is 0 Å². The van der Waals surface area contributed by atoms with Crippen LogP contribution in [0.25, 0.3) is 0 Å². The molecule has 0 spiro atoms. The summed E-state index contributed by atoms with van der Waals surface area (Å²) >= 11 is 0. The quantitative estimate of drug-likeness (QED) is 0.712. The van der Waals surface area contributed by atoms with Gasteiger partial charge in [0.15, 0.2) is 0 Å². The van der Waals surface area contributed by atoms with E-state index >= 15 is 0 Å². The fourth-order valence-corrected chi connectivity index (χ4v) is 1.60. The first kappa shape index (κ1) is 13.0. The number of hydrogen-bond acceptors (Lipinski definition) is 4. The number of aliphatic hydroxyl groups is 1. The number of benzene rings is 1. The fourth-order valence-electron chi connectivity index (χ4n) is 1.60. The molecule has 1 aromatic heterocycles. The highest BCUT2D eigenvalue weighted by molar-refractivity contribution is 5.78. The number of pyridine rings is 1. The summed E-state index contributed by atoms with van der Waals surface area (Å²) in [6.45, 7) is 0. The summed E-state index contributed by atoms with van der Waals surface area (Å²) < 4.78 is 0. The third-order valence-electron chi connectivity index (χ3n) is 2.59. The second-order valence-corrected chi connectivity index (χ2v) is 4.04. The topological polar surface area (TPSA) is 74.2 Å². The average Bonchev–Trinajstić information content (AvgIpc) is 2.47. The summed E-state index contributed by atoms with van der Waals surface area (Å²) in [5, 5.41) is 9.89. The molecular formula is C14H15N3O2. The number of anilines is 1. The summed E-state index contributed by atoms with van der Waals surface area (Å²) in [5.41, 5.74) is 6.73. The van der Waals surface area contributed by atoms with Crippen LogP contribution in [0.4, 0.5) is 5.69 Å². The molecule has 0 radical (unpaired) electrons. The van der Waals surface area contributed by atoms with Crippen molar-refractivity contribution in [3.05, 3.63) is 60.4 Å². The number of carbonyl (C=O) groups excluding carboxylic acids is 1. The third kappa shape index (κ3) is 4.08. The van der Waals surface area contributed by atoms with Gasteiger partial charge < -0.3 is 5.11 Å². The fraction of sp³-hybridized carbons (Fsp3) is 0.143. The van der Waals surface area contributed by atoms with Crippen molar-refractivity contribution in [2.45, 2.75) is 12.5 Å². The van der Waals surface area contributed by atoms with E-state index in [1.54, 1.807) is 36.7 Å². The van der Waals surface area contributed by atoms with Crippen LogP contribution < -0.4 is 10.9 Å². The second kappa shape index (κ2) is 6.51. The van der Waals surface area contributed by atoms with Crippen LogP contribution in [-0.4, -0.2) is 16.0 Å². The Morgan fingerprint density at radius 3 is 2.53 bits per heavy atom. The Bertz CT molecular complexity index is 517. The molecule has 0 saturated heterocycles. The Hall–Kier alpha value is -2.40. The molecule has 3 N–H and O–H groups in total. The standard InChI is InChI=1S/C14H15N3O2/c18-13(11-4-2-1-3-5-11)10-14(19)17-16-12-6-8-15-9-7-12/h1-9,13,18H,10H2,(H,15,16)(H,17,19). The van der Waals surface area contributed by atoms with Crippen LogP contribution in [0.5, 0.6) is 0 Å². The van der Waals surface area contributed by atoms with E-state index in [9.17, 15) is 9.90 Å². The van der Waals surface area contributed by atoms with Gasteiger partial charge in [0.05, 0.1) is 18.2 Å². The summed E-state index contributed by atoms with van der Waals surface area (Å²) in [6, 6.07) is 12.5. The predicted molar refractivity (Wildman–Crippen MR) is 72.0 cm³/mol. The number of nitrogens with one attached hydrogen (secondary N) is 2. The molecule has 1 atom stereocenters. The van der Waals surface area contributed by atoms with Crippen LogP contribution in [0.3, 0.4) is 0 Å². The van der Waals surface area contributed by atoms with Crippen molar-refractivity contribution in [2.24, 2.45) is 0 Å². The van der Waals surface area contributed by atoms with Crippen molar-refractivity contribution in [1.29, 1.82) is 0 Å². The van der Waals surface area contributed by atoms with E-state index in [0.29, 0.717) is 0 Å². The van der Waals surface area contributed by atoms with E-state index in [1.807, 2.05) is 18.2 Å². The smallest absolute Gasteiger partial charge is 0.241 e. The summed E-state index contributed by atoms with van der Waals surface area (Å²) in [4.78, 5) is 15.5. The minimum absolute atomic E-state index is 0.00208. The number of aromatic nitrogens is 1. The lowest BCUT2D eigenvalue weighted by Gasteiger charge is -2.12. The van der Waals surface area contributed by atoms with Gasteiger partial charge in [-0.25, -0.2) is 0 Å². The number of hydrazine groups is 1. The molecule has 1 aromatic carbocycles. The maximum atomic E-state index is 11.7. The first-order chi connectivity index (χ1) is 9.25. The van der Waals surface area contributed by atoms with Crippen molar-refractivity contribution in [2.75, 3.05) is 5.43 Å². The lowest BCUT2D eigenvalue weighted by Crippen LogP contribution is -2.30. The van der Waals surface area contributed by atoms with Crippen LogP contribution in [0, 0.1) is 0 Å². The summed E-state index contributed by atoms with van der Waals surface area (Å²) in [6.07, 6.45) is 2.43. The molecule has 1 unspecified atom stereocenters. The maximum Gasteiger partial charge on any atom is 0.241 e. The molecule has 0 aliphatic carbocycles.